The van der Waals surface area contributed by atoms with Crippen LogP contribution in [0.2, 0.25) is 5.02 Å². The van der Waals surface area contributed by atoms with Crippen LogP contribution in [-0.2, 0) is 12.7 Å². The average Bonchev–Trinajstić information content (AvgIpc) is 2.78. The number of hydrogen-bond donors (Lipinski definition) is 2. The van der Waals surface area contributed by atoms with Crippen molar-refractivity contribution in [1.82, 2.24) is 4.72 Å². The zero-order chi connectivity index (χ0) is 22.7. The molecule has 0 saturated heterocycles. The number of ether oxygens (including phenoxy) is 1. The standard InChI is InChI=1S/C23H19ClF3N3OS/c1-2-32-20-12-6-11-19(31-18-10-4-3-9-17(18)24)21(20)29-22(30-32)28-14-15-7-5-8-16(13-15)23(25,26)27/h2-13H,14H2,1H3,(H2,28,29,30). The number of nitrogens with zero attached hydrogens (tertiary/aromatic N) is 1. The topological polar surface area (TPSA) is 45.7 Å². The van der Waals surface area contributed by atoms with E-state index in [0.29, 0.717) is 28.0 Å². The zero-order valence-corrected chi connectivity index (χ0v) is 18.5. The molecule has 0 aliphatic carbocycles. The molecule has 3 aromatic carbocycles. The van der Waals surface area contributed by atoms with E-state index in [1.807, 2.05) is 42.6 Å². The Bertz CT molecular complexity index is 1210. The number of hydrogen-bond acceptors (Lipinski definition) is 2. The fraction of sp³-hybridized carbons (Fsp3) is 0.130. The smallest absolute Gasteiger partial charge is 0.416 e. The van der Waals surface area contributed by atoms with Crippen LogP contribution in [0.25, 0.3) is 0 Å². The number of aliphatic imine (C=N–C) groups is 1. The summed E-state index contributed by atoms with van der Waals surface area (Å²) in [4.78, 5) is 5.45. The number of para-hydroxylation sites is 2. The highest BCUT2D eigenvalue weighted by Crippen LogP contribution is 2.42. The van der Waals surface area contributed by atoms with Crippen LogP contribution in [0.1, 0.15) is 18.1 Å². The maximum atomic E-state index is 13.0. The number of fused-ring (bicyclic) bond motifs is 1. The fourth-order valence-electron chi connectivity index (χ4n) is 3.13. The molecule has 1 aliphatic heterocycles. The van der Waals surface area contributed by atoms with Crippen molar-refractivity contribution in [2.24, 2.45) is 4.99 Å². The maximum Gasteiger partial charge on any atom is 0.416 e. The van der Waals surface area contributed by atoms with Gasteiger partial charge in [0.25, 0.3) is 0 Å². The number of alkyl halides is 3. The maximum absolute atomic E-state index is 13.0. The first-order valence-electron chi connectivity index (χ1n) is 9.67. The van der Waals surface area contributed by atoms with E-state index in [9.17, 15) is 13.2 Å². The summed E-state index contributed by atoms with van der Waals surface area (Å²) in [5.41, 5.74) is 0.500. The van der Waals surface area contributed by atoms with E-state index < -0.39 is 22.4 Å². The van der Waals surface area contributed by atoms with Crippen molar-refractivity contribution >= 4 is 39.3 Å². The molecule has 1 atom stereocenters. The van der Waals surface area contributed by atoms with Gasteiger partial charge in [0.2, 0.25) is 5.96 Å². The second-order valence-corrected chi connectivity index (χ2v) is 9.02. The Balaban J connectivity index is 1.63. The van der Waals surface area contributed by atoms with Gasteiger partial charge in [0.05, 0.1) is 22.8 Å². The molecule has 0 spiro atoms. The summed E-state index contributed by atoms with van der Waals surface area (Å²) in [7, 11) is -0.468. The third-order valence-electron chi connectivity index (χ3n) is 4.64. The number of nitrogens with one attached hydrogen (secondary N) is 2. The van der Waals surface area contributed by atoms with Crippen molar-refractivity contribution in [2.75, 3.05) is 5.32 Å². The van der Waals surface area contributed by atoms with Crippen LogP contribution in [0.4, 0.5) is 18.9 Å². The van der Waals surface area contributed by atoms with Crippen LogP contribution in [-0.4, -0.2) is 11.3 Å². The van der Waals surface area contributed by atoms with Gasteiger partial charge in [-0.15, -0.1) is 0 Å². The van der Waals surface area contributed by atoms with Crippen molar-refractivity contribution in [3.63, 3.8) is 0 Å². The second-order valence-electron chi connectivity index (χ2n) is 6.83. The van der Waals surface area contributed by atoms with Crippen molar-refractivity contribution in [1.29, 1.82) is 0 Å². The monoisotopic (exact) mass is 477 g/mol. The minimum Gasteiger partial charge on any atom is -0.454 e. The van der Waals surface area contributed by atoms with Gasteiger partial charge in [-0.2, -0.15) is 13.2 Å². The number of halogens is 4. The lowest BCUT2D eigenvalue weighted by Crippen LogP contribution is -2.31. The van der Waals surface area contributed by atoms with Crippen LogP contribution < -0.4 is 14.8 Å². The minimum absolute atomic E-state index is 0.0863. The molecule has 1 unspecified atom stereocenters. The molecule has 3 aromatic rings. The molecule has 32 heavy (non-hydrogen) atoms. The lowest BCUT2D eigenvalue weighted by Gasteiger charge is -2.26. The largest absolute Gasteiger partial charge is 0.454 e. The zero-order valence-electron chi connectivity index (χ0n) is 16.9. The van der Waals surface area contributed by atoms with Gasteiger partial charge in [-0.3, -0.25) is 0 Å². The lowest BCUT2D eigenvalue weighted by molar-refractivity contribution is -0.137. The quantitative estimate of drug-likeness (QED) is 0.394. The third-order valence-corrected chi connectivity index (χ3v) is 6.65. The first kappa shape index (κ1) is 22.2. The van der Waals surface area contributed by atoms with Crippen LogP contribution in [0.5, 0.6) is 11.5 Å². The van der Waals surface area contributed by atoms with E-state index in [4.69, 9.17) is 16.3 Å². The molecule has 1 heterocycles. The number of benzene rings is 3. The second kappa shape index (κ2) is 9.26. The molecule has 0 amide bonds. The molecular formula is C23H19ClF3N3OS. The molecule has 2 N–H and O–H groups in total. The van der Waals surface area contributed by atoms with Crippen LogP contribution in [0, 0.1) is 0 Å². The normalized spacial score (nSPS) is 16.9. The van der Waals surface area contributed by atoms with Crippen LogP contribution in [0.3, 0.4) is 0 Å². The first-order valence-corrected chi connectivity index (χ1v) is 11.3. The molecule has 0 radical (unpaired) electrons. The fourth-order valence-corrected chi connectivity index (χ4v) is 4.70. The van der Waals surface area contributed by atoms with Gasteiger partial charge in [0.15, 0.2) is 5.75 Å². The van der Waals surface area contributed by atoms with Gasteiger partial charge in [0.1, 0.15) is 5.75 Å². The Labute approximate surface area is 191 Å². The SMILES string of the molecule is C/C=S1/NC(=NCc2cccc(C(F)(F)F)c2)Nc2c(Oc3ccccc3Cl)cccc21. The van der Waals surface area contributed by atoms with Crippen molar-refractivity contribution in [3.05, 3.63) is 82.9 Å². The molecule has 1 aliphatic rings. The molecule has 0 fully saturated rings. The Hall–Kier alpha value is -2.97. The van der Waals surface area contributed by atoms with E-state index in [2.05, 4.69) is 15.0 Å². The Morgan fingerprint density at radius 2 is 1.78 bits per heavy atom. The van der Waals surface area contributed by atoms with Gasteiger partial charge >= 0.3 is 6.18 Å². The molecule has 0 bridgehead atoms. The summed E-state index contributed by atoms with van der Waals surface area (Å²) < 4.78 is 48.3. The Morgan fingerprint density at radius 1 is 1.03 bits per heavy atom. The minimum atomic E-state index is -4.39. The Kier molecular flexibility index (Phi) is 6.43. The molecule has 4 rings (SSSR count). The highest BCUT2D eigenvalue weighted by molar-refractivity contribution is 8.14. The molecule has 4 nitrogen and oxygen atoms in total. The summed E-state index contributed by atoms with van der Waals surface area (Å²) in [6, 6.07) is 18.0. The molecule has 166 valence electrons. The molecule has 9 heteroatoms. The number of anilines is 1. The molecular weight excluding hydrogens is 459 g/mol. The van der Waals surface area contributed by atoms with E-state index in [-0.39, 0.29) is 6.54 Å². The Morgan fingerprint density at radius 3 is 2.53 bits per heavy atom. The highest BCUT2D eigenvalue weighted by atomic mass is 35.5. The van der Waals surface area contributed by atoms with Gasteiger partial charge in [-0.25, -0.2) is 4.99 Å². The van der Waals surface area contributed by atoms with E-state index in [1.54, 1.807) is 18.2 Å². The van der Waals surface area contributed by atoms with Gasteiger partial charge < -0.3 is 14.8 Å². The molecule has 0 aromatic heterocycles. The average molecular weight is 478 g/mol. The number of guanidine groups is 1. The van der Waals surface area contributed by atoms with Crippen molar-refractivity contribution in [3.8, 4) is 11.5 Å². The predicted molar refractivity (Wildman–Crippen MR) is 125 cm³/mol. The lowest BCUT2D eigenvalue weighted by atomic mass is 10.1. The van der Waals surface area contributed by atoms with Gasteiger partial charge in [-0.05, 0) is 54.3 Å². The predicted octanol–water partition coefficient (Wildman–Crippen LogP) is 7.09. The van der Waals surface area contributed by atoms with E-state index in [0.717, 1.165) is 22.7 Å². The number of rotatable bonds is 4. The highest BCUT2D eigenvalue weighted by Gasteiger charge is 2.30. The van der Waals surface area contributed by atoms with E-state index in [1.165, 1.54) is 6.07 Å². The van der Waals surface area contributed by atoms with Crippen LogP contribution >= 0.6 is 22.3 Å². The summed E-state index contributed by atoms with van der Waals surface area (Å²) in [6.07, 6.45) is -4.39. The van der Waals surface area contributed by atoms with Gasteiger partial charge in [-0.1, -0.05) is 52.6 Å². The summed E-state index contributed by atoms with van der Waals surface area (Å²) in [5, 5.41) is 5.70. The summed E-state index contributed by atoms with van der Waals surface area (Å²) in [5.74, 6) is 1.54. The van der Waals surface area contributed by atoms with Crippen molar-refractivity contribution in [2.45, 2.75) is 24.5 Å². The summed E-state index contributed by atoms with van der Waals surface area (Å²) >= 11 is 6.24. The first-order chi connectivity index (χ1) is 15.3. The van der Waals surface area contributed by atoms with E-state index >= 15 is 0 Å². The summed E-state index contributed by atoms with van der Waals surface area (Å²) in [6.45, 7) is 2.01. The van der Waals surface area contributed by atoms with Crippen LogP contribution in [0.15, 0.2) is 76.6 Å². The molecule has 0 saturated carbocycles. The van der Waals surface area contributed by atoms with Gasteiger partial charge in [0, 0.05) is 4.90 Å². The van der Waals surface area contributed by atoms with Crippen molar-refractivity contribution < 1.29 is 17.9 Å². The third kappa shape index (κ3) is 4.92.